The monoisotopic (exact) mass is 280 g/mol. The van der Waals surface area contributed by atoms with E-state index in [1.807, 2.05) is 6.07 Å². The topological polar surface area (TPSA) is 54.0 Å². The molecule has 20 heavy (non-hydrogen) atoms. The molecule has 1 aromatic rings. The van der Waals surface area contributed by atoms with Crippen molar-refractivity contribution in [3.8, 4) is 17.2 Å². The molecule has 2 rings (SSSR count). The predicted molar refractivity (Wildman–Crippen MR) is 78.7 cm³/mol. The molecular weight excluding hydrogens is 256 g/mol. The van der Waals surface area contributed by atoms with Crippen molar-refractivity contribution in [1.82, 2.24) is 10.2 Å². The van der Waals surface area contributed by atoms with E-state index < -0.39 is 0 Å². The lowest BCUT2D eigenvalue weighted by Crippen LogP contribution is -2.43. The molecule has 0 bridgehead atoms. The first-order valence-corrected chi connectivity index (χ1v) is 7.23. The van der Waals surface area contributed by atoms with Gasteiger partial charge in [-0.15, -0.1) is 0 Å². The molecule has 0 spiro atoms. The summed E-state index contributed by atoms with van der Waals surface area (Å²) >= 11 is 0. The zero-order valence-electron chi connectivity index (χ0n) is 12.1. The molecule has 112 valence electrons. The summed E-state index contributed by atoms with van der Waals surface area (Å²) < 4.78 is 10.8. The molecule has 0 atom stereocenters. The largest absolute Gasteiger partial charge is 0.504 e. The summed E-state index contributed by atoms with van der Waals surface area (Å²) in [6.07, 6.45) is 2.13. The van der Waals surface area contributed by atoms with Gasteiger partial charge in [-0.3, -0.25) is 0 Å². The van der Waals surface area contributed by atoms with Crippen molar-refractivity contribution < 1.29 is 14.6 Å². The van der Waals surface area contributed by atoms with Crippen LogP contribution in [0.15, 0.2) is 18.2 Å². The molecule has 0 amide bonds. The van der Waals surface area contributed by atoms with Crippen LogP contribution in [0.25, 0.3) is 0 Å². The number of nitrogens with zero attached hydrogens (tertiary/aromatic N) is 1. The molecule has 5 heteroatoms. The summed E-state index contributed by atoms with van der Waals surface area (Å²) in [6, 6.07) is 5.17. The Bertz CT molecular complexity index is 406. The minimum absolute atomic E-state index is 0.116. The maximum absolute atomic E-state index is 9.65. The van der Waals surface area contributed by atoms with E-state index in [2.05, 4.69) is 10.2 Å². The van der Waals surface area contributed by atoms with Crippen LogP contribution < -0.4 is 14.8 Å². The van der Waals surface area contributed by atoms with E-state index in [-0.39, 0.29) is 5.75 Å². The van der Waals surface area contributed by atoms with Gasteiger partial charge in [0.05, 0.1) is 13.7 Å². The summed E-state index contributed by atoms with van der Waals surface area (Å²) in [5, 5.41) is 13.0. The third kappa shape index (κ3) is 4.28. The first-order chi connectivity index (χ1) is 9.81. The highest BCUT2D eigenvalue weighted by molar-refractivity contribution is 5.50. The molecule has 0 unspecified atom stereocenters. The molecule has 1 aliphatic heterocycles. The second-order valence-electron chi connectivity index (χ2n) is 4.96. The summed E-state index contributed by atoms with van der Waals surface area (Å²) in [4.78, 5) is 2.48. The molecule has 0 radical (unpaired) electrons. The van der Waals surface area contributed by atoms with Crippen LogP contribution in [0.3, 0.4) is 0 Å². The number of phenolic OH excluding ortho intramolecular Hbond substituents is 1. The second-order valence-corrected chi connectivity index (χ2v) is 4.96. The van der Waals surface area contributed by atoms with Gasteiger partial charge in [-0.05, 0) is 31.5 Å². The van der Waals surface area contributed by atoms with E-state index in [4.69, 9.17) is 9.47 Å². The lowest BCUT2D eigenvalue weighted by Gasteiger charge is -2.27. The van der Waals surface area contributed by atoms with E-state index in [0.717, 1.165) is 45.6 Å². The Morgan fingerprint density at radius 3 is 2.80 bits per heavy atom. The maximum Gasteiger partial charge on any atom is 0.203 e. The van der Waals surface area contributed by atoms with Crippen molar-refractivity contribution in [1.29, 1.82) is 0 Å². The molecule has 0 aromatic heterocycles. The van der Waals surface area contributed by atoms with Gasteiger partial charge in [0.1, 0.15) is 0 Å². The standard InChI is InChI=1S/C15H24N2O3/c1-19-15-13(18)5-4-6-14(15)20-12-3-2-9-17-10-7-16-8-11-17/h4-6,16,18H,2-3,7-12H2,1H3. The SMILES string of the molecule is COc1c(O)cccc1OCCCCN1CCNCC1. The molecule has 0 saturated carbocycles. The zero-order valence-corrected chi connectivity index (χ0v) is 12.1. The van der Waals surface area contributed by atoms with Crippen molar-refractivity contribution in [2.45, 2.75) is 12.8 Å². The molecule has 1 heterocycles. The normalized spacial score (nSPS) is 16.1. The number of benzene rings is 1. The molecule has 5 nitrogen and oxygen atoms in total. The van der Waals surface area contributed by atoms with E-state index in [9.17, 15) is 5.11 Å². The summed E-state index contributed by atoms with van der Waals surface area (Å²) in [5.74, 6) is 1.13. The number of nitrogens with one attached hydrogen (secondary N) is 1. The number of ether oxygens (including phenoxy) is 2. The Balaban J connectivity index is 1.67. The van der Waals surface area contributed by atoms with Crippen molar-refractivity contribution in [2.24, 2.45) is 0 Å². The van der Waals surface area contributed by atoms with Gasteiger partial charge in [0.2, 0.25) is 5.75 Å². The Morgan fingerprint density at radius 1 is 1.25 bits per heavy atom. The number of methoxy groups -OCH3 is 1. The van der Waals surface area contributed by atoms with E-state index >= 15 is 0 Å². The lowest BCUT2D eigenvalue weighted by molar-refractivity contribution is 0.224. The quantitative estimate of drug-likeness (QED) is 0.741. The highest BCUT2D eigenvalue weighted by atomic mass is 16.5. The van der Waals surface area contributed by atoms with Crippen LogP contribution in [0.4, 0.5) is 0 Å². The third-order valence-corrected chi connectivity index (χ3v) is 3.50. The van der Waals surface area contributed by atoms with Crippen molar-refractivity contribution in [3.05, 3.63) is 18.2 Å². The van der Waals surface area contributed by atoms with Gasteiger partial charge in [-0.25, -0.2) is 0 Å². The van der Waals surface area contributed by atoms with Crippen LogP contribution in [0.1, 0.15) is 12.8 Å². The molecule has 0 aliphatic carbocycles. The summed E-state index contributed by atoms with van der Waals surface area (Å²) in [5.41, 5.74) is 0. The van der Waals surface area contributed by atoms with Gasteiger partial charge in [0.25, 0.3) is 0 Å². The van der Waals surface area contributed by atoms with Crippen molar-refractivity contribution >= 4 is 0 Å². The van der Waals surface area contributed by atoms with E-state index in [1.165, 1.54) is 7.11 Å². The number of para-hydroxylation sites is 1. The molecular formula is C15H24N2O3. The number of rotatable bonds is 7. The van der Waals surface area contributed by atoms with Gasteiger partial charge in [0, 0.05) is 26.2 Å². The second kappa shape index (κ2) is 7.97. The maximum atomic E-state index is 9.65. The Hall–Kier alpha value is -1.46. The average Bonchev–Trinajstić information content (AvgIpc) is 2.48. The van der Waals surface area contributed by atoms with E-state index in [1.54, 1.807) is 12.1 Å². The number of aromatic hydroxyl groups is 1. The minimum atomic E-state index is 0.116. The van der Waals surface area contributed by atoms with Crippen molar-refractivity contribution in [3.63, 3.8) is 0 Å². The first-order valence-electron chi connectivity index (χ1n) is 7.23. The molecule has 1 fully saturated rings. The molecule has 1 aliphatic rings. The minimum Gasteiger partial charge on any atom is -0.504 e. The van der Waals surface area contributed by atoms with Gasteiger partial charge in [0.15, 0.2) is 11.5 Å². The highest BCUT2D eigenvalue weighted by Crippen LogP contribution is 2.35. The molecule has 2 N–H and O–H groups in total. The fourth-order valence-electron chi connectivity index (χ4n) is 2.38. The fourth-order valence-corrected chi connectivity index (χ4v) is 2.38. The summed E-state index contributed by atoms with van der Waals surface area (Å²) in [7, 11) is 1.53. The first kappa shape index (κ1) is 14.9. The van der Waals surface area contributed by atoms with Gasteiger partial charge in [-0.2, -0.15) is 0 Å². The van der Waals surface area contributed by atoms with Crippen LogP contribution in [-0.2, 0) is 0 Å². The number of unbranched alkanes of at least 4 members (excludes halogenated alkanes) is 1. The Morgan fingerprint density at radius 2 is 2.05 bits per heavy atom. The van der Waals surface area contributed by atoms with Crippen LogP contribution in [0, 0.1) is 0 Å². The van der Waals surface area contributed by atoms with Crippen LogP contribution in [0.2, 0.25) is 0 Å². The number of phenols is 1. The van der Waals surface area contributed by atoms with Crippen LogP contribution in [-0.4, -0.2) is 56.4 Å². The summed E-state index contributed by atoms with van der Waals surface area (Å²) in [6.45, 7) is 6.24. The van der Waals surface area contributed by atoms with Crippen LogP contribution >= 0.6 is 0 Å². The van der Waals surface area contributed by atoms with Gasteiger partial charge in [-0.1, -0.05) is 6.07 Å². The third-order valence-electron chi connectivity index (χ3n) is 3.50. The van der Waals surface area contributed by atoms with Crippen molar-refractivity contribution in [2.75, 3.05) is 46.4 Å². The number of hydrogen-bond acceptors (Lipinski definition) is 5. The Kier molecular flexibility index (Phi) is 5.95. The average molecular weight is 280 g/mol. The lowest BCUT2D eigenvalue weighted by atomic mass is 10.2. The highest BCUT2D eigenvalue weighted by Gasteiger charge is 2.10. The van der Waals surface area contributed by atoms with Gasteiger partial charge < -0.3 is 24.8 Å². The van der Waals surface area contributed by atoms with E-state index in [0.29, 0.717) is 18.1 Å². The zero-order chi connectivity index (χ0) is 14.2. The number of piperazine rings is 1. The fraction of sp³-hybridized carbons (Fsp3) is 0.600. The Labute approximate surface area is 120 Å². The van der Waals surface area contributed by atoms with Gasteiger partial charge >= 0.3 is 0 Å². The molecule has 1 aromatic carbocycles. The van der Waals surface area contributed by atoms with Crippen LogP contribution in [0.5, 0.6) is 17.2 Å². The molecule has 1 saturated heterocycles. The predicted octanol–water partition coefficient (Wildman–Crippen LogP) is 1.46. The smallest absolute Gasteiger partial charge is 0.203 e. The number of hydrogen-bond donors (Lipinski definition) is 2.